The van der Waals surface area contributed by atoms with E-state index in [1.165, 1.54) is 11.1 Å². The minimum Gasteiger partial charge on any atom is -0.497 e. The molecule has 0 aromatic heterocycles. The van der Waals surface area contributed by atoms with Gasteiger partial charge in [-0.2, -0.15) is 0 Å². The predicted molar refractivity (Wildman–Crippen MR) is 115 cm³/mol. The van der Waals surface area contributed by atoms with E-state index in [4.69, 9.17) is 4.74 Å². The Bertz CT molecular complexity index is 774. The number of hydrogen-bond donors (Lipinski definition) is 1. The molecule has 150 valence electrons. The van der Waals surface area contributed by atoms with Crippen LogP contribution in [0.1, 0.15) is 36.6 Å². The average Bonchev–Trinajstić information content (AvgIpc) is 2.72. The summed E-state index contributed by atoms with van der Waals surface area (Å²) in [5.74, 6) is 0.875. The maximum atomic E-state index is 9.42. The largest absolute Gasteiger partial charge is 0.497 e. The van der Waals surface area contributed by atoms with Crippen molar-refractivity contribution in [2.75, 3.05) is 26.7 Å². The number of aliphatic hydroxyl groups is 1. The smallest absolute Gasteiger partial charge is 0.119 e. The summed E-state index contributed by atoms with van der Waals surface area (Å²) in [6.45, 7) is 11.5. The first-order chi connectivity index (χ1) is 13.6. The fraction of sp³-hybridized carbons (Fsp3) is 0.417. The number of nitrogens with zero attached hydrogens (tertiary/aromatic N) is 2. The molecule has 1 aliphatic heterocycles. The maximum absolute atomic E-state index is 9.42. The molecule has 0 bridgehead atoms. The second-order valence-corrected chi connectivity index (χ2v) is 7.72. The number of rotatable bonds is 7. The van der Waals surface area contributed by atoms with Gasteiger partial charge in [0.2, 0.25) is 0 Å². The van der Waals surface area contributed by atoms with Crippen LogP contribution >= 0.6 is 0 Å². The Labute approximate surface area is 169 Å². The molecule has 3 rings (SSSR count). The molecule has 4 heteroatoms. The van der Waals surface area contributed by atoms with Crippen molar-refractivity contribution in [3.63, 3.8) is 0 Å². The van der Waals surface area contributed by atoms with E-state index in [1.54, 1.807) is 7.11 Å². The number of methoxy groups -OCH3 is 1. The lowest BCUT2D eigenvalue weighted by Gasteiger charge is -2.47. The second-order valence-electron chi connectivity index (χ2n) is 7.72. The van der Waals surface area contributed by atoms with Crippen LogP contribution < -0.4 is 4.74 Å². The minimum atomic E-state index is 0.0672. The topological polar surface area (TPSA) is 35.9 Å². The first kappa shape index (κ1) is 20.6. The van der Waals surface area contributed by atoms with Crippen LogP contribution in [0.4, 0.5) is 0 Å². The molecule has 1 heterocycles. The van der Waals surface area contributed by atoms with E-state index in [0.717, 1.165) is 30.9 Å². The fourth-order valence-corrected chi connectivity index (χ4v) is 4.20. The molecule has 0 radical (unpaired) electrons. The maximum Gasteiger partial charge on any atom is 0.119 e. The van der Waals surface area contributed by atoms with E-state index in [0.29, 0.717) is 12.1 Å². The van der Waals surface area contributed by atoms with Gasteiger partial charge in [0.05, 0.1) is 19.8 Å². The van der Waals surface area contributed by atoms with Gasteiger partial charge >= 0.3 is 0 Å². The molecule has 28 heavy (non-hydrogen) atoms. The number of benzene rings is 2. The monoisotopic (exact) mass is 380 g/mol. The first-order valence-electron chi connectivity index (χ1n) is 10.0. The molecule has 0 aliphatic carbocycles. The molecule has 0 unspecified atom stereocenters. The third-order valence-corrected chi connectivity index (χ3v) is 5.75. The van der Waals surface area contributed by atoms with Gasteiger partial charge in [-0.3, -0.25) is 9.80 Å². The van der Waals surface area contributed by atoms with Crippen molar-refractivity contribution >= 4 is 0 Å². The summed E-state index contributed by atoms with van der Waals surface area (Å²) in [7, 11) is 1.71. The van der Waals surface area contributed by atoms with Gasteiger partial charge in [-0.1, -0.05) is 42.5 Å². The quantitative estimate of drug-likeness (QED) is 0.740. The minimum absolute atomic E-state index is 0.0672. The van der Waals surface area contributed by atoms with Gasteiger partial charge in [0.15, 0.2) is 0 Å². The summed E-state index contributed by atoms with van der Waals surface area (Å²) in [6.07, 6.45) is 1.99. The second kappa shape index (κ2) is 9.37. The molecule has 1 fully saturated rings. The lowest BCUT2D eigenvalue weighted by Crippen LogP contribution is -2.57. The van der Waals surface area contributed by atoms with Crippen LogP contribution in [0, 0.1) is 0 Å². The Morgan fingerprint density at radius 3 is 2.50 bits per heavy atom. The number of hydrogen-bond acceptors (Lipinski definition) is 4. The Morgan fingerprint density at radius 1 is 1.11 bits per heavy atom. The number of aliphatic hydroxyl groups excluding tert-OH is 1. The molecule has 1 aliphatic rings. The van der Waals surface area contributed by atoms with Crippen LogP contribution in [0.3, 0.4) is 0 Å². The van der Waals surface area contributed by atoms with Crippen molar-refractivity contribution in [1.82, 2.24) is 9.80 Å². The van der Waals surface area contributed by atoms with Crippen LogP contribution in [0.15, 0.2) is 61.2 Å². The summed E-state index contributed by atoms with van der Waals surface area (Å²) in [5.41, 5.74) is 3.40. The first-order valence-corrected chi connectivity index (χ1v) is 10.0. The molecule has 2 aromatic rings. The van der Waals surface area contributed by atoms with Gasteiger partial charge in [0, 0.05) is 31.7 Å². The van der Waals surface area contributed by atoms with Gasteiger partial charge in [0.25, 0.3) is 0 Å². The molecule has 3 atom stereocenters. The van der Waals surface area contributed by atoms with E-state index < -0.39 is 0 Å². The van der Waals surface area contributed by atoms with E-state index in [1.807, 2.05) is 24.3 Å². The van der Waals surface area contributed by atoms with Crippen molar-refractivity contribution in [2.24, 2.45) is 0 Å². The number of ether oxygens (including phenoxy) is 1. The van der Waals surface area contributed by atoms with Crippen molar-refractivity contribution in [3.05, 3.63) is 77.9 Å². The zero-order valence-corrected chi connectivity index (χ0v) is 17.2. The van der Waals surface area contributed by atoms with Gasteiger partial charge in [-0.05, 0) is 42.7 Å². The summed E-state index contributed by atoms with van der Waals surface area (Å²) < 4.78 is 5.49. The van der Waals surface area contributed by atoms with Gasteiger partial charge in [-0.25, -0.2) is 0 Å². The van der Waals surface area contributed by atoms with Crippen molar-refractivity contribution < 1.29 is 9.84 Å². The zero-order chi connectivity index (χ0) is 20.1. The van der Waals surface area contributed by atoms with Crippen LogP contribution in [0.5, 0.6) is 5.75 Å². The third-order valence-electron chi connectivity index (χ3n) is 5.75. The molecular weight excluding hydrogens is 348 g/mol. The summed E-state index contributed by atoms with van der Waals surface area (Å²) in [6, 6.07) is 17.7. The summed E-state index contributed by atoms with van der Waals surface area (Å²) in [4.78, 5) is 5.08. The highest BCUT2D eigenvalue weighted by Crippen LogP contribution is 2.34. The number of piperazine rings is 1. The lowest BCUT2D eigenvalue weighted by molar-refractivity contribution is 0.0306. The van der Waals surface area contributed by atoms with Crippen LogP contribution in [-0.4, -0.2) is 53.7 Å². The predicted octanol–water partition coefficient (Wildman–Crippen LogP) is 3.86. The standard InChI is InChI=1S/C24H32N2O2/c1-5-13-25-15-19(3)26(16-18(25)2)24(21-11-9-20(17-27)10-12-21)22-7-6-8-23(14-22)28-4/h5-12,14,18-19,24,27H,1,13,15-17H2,2-4H3/t18-,19-,24+/m0/s1. The van der Waals surface area contributed by atoms with E-state index in [2.05, 4.69) is 60.6 Å². The fourth-order valence-electron chi connectivity index (χ4n) is 4.20. The normalized spacial score (nSPS) is 22.0. The Balaban J connectivity index is 1.99. The van der Waals surface area contributed by atoms with E-state index in [9.17, 15) is 5.11 Å². The summed E-state index contributed by atoms with van der Waals surface area (Å²) in [5, 5.41) is 9.42. The molecule has 0 spiro atoms. The molecule has 4 nitrogen and oxygen atoms in total. The third kappa shape index (κ3) is 4.46. The highest BCUT2D eigenvalue weighted by molar-refractivity contribution is 5.38. The average molecular weight is 381 g/mol. The van der Waals surface area contributed by atoms with Crippen molar-refractivity contribution in [1.29, 1.82) is 0 Å². The van der Waals surface area contributed by atoms with Gasteiger partial charge in [0.1, 0.15) is 5.75 Å². The van der Waals surface area contributed by atoms with Gasteiger partial charge < -0.3 is 9.84 Å². The van der Waals surface area contributed by atoms with E-state index in [-0.39, 0.29) is 12.6 Å². The van der Waals surface area contributed by atoms with Crippen molar-refractivity contribution in [2.45, 2.75) is 38.6 Å². The molecule has 1 N–H and O–H groups in total. The molecule has 0 saturated carbocycles. The zero-order valence-electron chi connectivity index (χ0n) is 17.2. The Hall–Kier alpha value is -2.14. The van der Waals surface area contributed by atoms with Crippen LogP contribution in [0.2, 0.25) is 0 Å². The van der Waals surface area contributed by atoms with Gasteiger partial charge in [-0.15, -0.1) is 6.58 Å². The molecule has 2 aromatic carbocycles. The molecule has 1 saturated heterocycles. The van der Waals surface area contributed by atoms with Crippen LogP contribution in [0.25, 0.3) is 0 Å². The summed E-state index contributed by atoms with van der Waals surface area (Å²) >= 11 is 0. The van der Waals surface area contributed by atoms with Crippen LogP contribution in [-0.2, 0) is 6.61 Å². The van der Waals surface area contributed by atoms with Crippen molar-refractivity contribution in [3.8, 4) is 5.75 Å². The van der Waals surface area contributed by atoms with E-state index >= 15 is 0 Å². The SMILES string of the molecule is C=CCN1C[C@H](C)N([C@H](c2ccc(CO)cc2)c2cccc(OC)c2)C[C@@H]1C. The Morgan fingerprint density at radius 2 is 1.86 bits per heavy atom. The molecule has 0 amide bonds. The highest BCUT2D eigenvalue weighted by Gasteiger charge is 2.34. The molecular formula is C24H32N2O2. The Kier molecular flexibility index (Phi) is 6.89. The highest BCUT2D eigenvalue weighted by atomic mass is 16.5. The lowest BCUT2D eigenvalue weighted by atomic mass is 9.93.